The lowest BCUT2D eigenvalue weighted by Crippen LogP contribution is -2.54. The van der Waals surface area contributed by atoms with Gasteiger partial charge >= 0.3 is 0 Å². The number of anilines is 2. The highest BCUT2D eigenvalue weighted by atomic mass is 19.1. The Labute approximate surface area is 164 Å². The SMILES string of the molecule is O=C(CN1CCN(c2cnccn2)CC1)N1CCN(c2ccccc2F)CC1. The van der Waals surface area contributed by atoms with Gasteiger partial charge in [0.2, 0.25) is 5.91 Å². The molecule has 28 heavy (non-hydrogen) atoms. The van der Waals surface area contributed by atoms with E-state index in [2.05, 4.69) is 19.8 Å². The number of halogens is 1. The summed E-state index contributed by atoms with van der Waals surface area (Å²) in [6.07, 6.45) is 5.15. The van der Waals surface area contributed by atoms with E-state index in [0.29, 0.717) is 38.4 Å². The molecule has 0 N–H and O–H groups in total. The van der Waals surface area contributed by atoms with Crippen LogP contribution >= 0.6 is 0 Å². The number of rotatable bonds is 4. The predicted molar refractivity (Wildman–Crippen MR) is 106 cm³/mol. The van der Waals surface area contributed by atoms with Crippen molar-refractivity contribution in [3.63, 3.8) is 0 Å². The molecule has 1 aromatic carbocycles. The number of hydrogen-bond acceptors (Lipinski definition) is 6. The van der Waals surface area contributed by atoms with Crippen molar-refractivity contribution < 1.29 is 9.18 Å². The average Bonchev–Trinajstić information content (AvgIpc) is 2.75. The van der Waals surface area contributed by atoms with Crippen molar-refractivity contribution in [1.29, 1.82) is 0 Å². The zero-order chi connectivity index (χ0) is 19.3. The minimum atomic E-state index is -0.205. The Morgan fingerprint density at radius 3 is 2.32 bits per heavy atom. The molecule has 0 radical (unpaired) electrons. The normalized spacial score (nSPS) is 18.4. The van der Waals surface area contributed by atoms with Gasteiger partial charge in [-0.25, -0.2) is 9.37 Å². The number of para-hydroxylation sites is 1. The summed E-state index contributed by atoms with van der Waals surface area (Å²) in [6.45, 7) is 6.36. The molecular formula is C20H25FN6O. The van der Waals surface area contributed by atoms with Gasteiger partial charge in [0.15, 0.2) is 0 Å². The third-order valence-electron chi connectivity index (χ3n) is 5.43. The van der Waals surface area contributed by atoms with Crippen LogP contribution < -0.4 is 9.80 Å². The zero-order valence-electron chi connectivity index (χ0n) is 15.9. The van der Waals surface area contributed by atoms with E-state index in [1.54, 1.807) is 30.7 Å². The molecule has 8 heteroatoms. The van der Waals surface area contributed by atoms with E-state index in [1.807, 2.05) is 15.9 Å². The van der Waals surface area contributed by atoms with Crippen molar-refractivity contribution in [2.45, 2.75) is 0 Å². The Morgan fingerprint density at radius 2 is 1.64 bits per heavy atom. The van der Waals surface area contributed by atoms with E-state index in [4.69, 9.17) is 0 Å². The van der Waals surface area contributed by atoms with Crippen LogP contribution in [0, 0.1) is 5.82 Å². The molecule has 2 fully saturated rings. The Hall–Kier alpha value is -2.74. The molecule has 0 bridgehead atoms. The highest BCUT2D eigenvalue weighted by Crippen LogP contribution is 2.20. The number of piperazine rings is 2. The molecule has 0 aliphatic carbocycles. The fourth-order valence-electron chi connectivity index (χ4n) is 3.79. The first-order valence-corrected chi connectivity index (χ1v) is 9.71. The van der Waals surface area contributed by atoms with E-state index >= 15 is 0 Å². The van der Waals surface area contributed by atoms with Gasteiger partial charge in [-0.3, -0.25) is 14.7 Å². The van der Waals surface area contributed by atoms with Crippen LogP contribution in [0.1, 0.15) is 0 Å². The monoisotopic (exact) mass is 384 g/mol. The van der Waals surface area contributed by atoms with Crippen molar-refractivity contribution in [3.05, 3.63) is 48.7 Å². The first-order valence-electron chi connectivity index (χ1n) is 9.71. The van der Waals surface area contributed by atoms with E-state index in [1.165, 1.54) is 6.07 Å². The second-order valence-corrected chi connectivity index (χ2v) is 7.15. The highest BCUT2D eigenvalue weighted by molar-refractivity contribution is 5.78. The van der Waals surface area contributed by atoms with Crippen LogP contribution in [0.2, 0.25) is 0 Å². The highest BCUT2D eigenvalue weighted by Gasteiger charge is 2.25. The fraction of sp³-hybridized carbons (Fsp3) is 0.450. The van der Waals surface area contributed by atoms with Crippen molar-refractivity contribution in [3.8, 4) is 0 Å². The largest absolute Gasteiger partial charge is 0.366 e. The number of carbonyl (C=O) groups is 1. The van der Waals surface area contributed by atoms with E-state index < -0.39 is 0 Å². The lowest BCUT2D eigenvalue weighted by atomic mass is 10.2. The maximum atomic E-state index is 14.0. The number of nitrogens with zero attached hydrogens (tertiary/aromatic N) is 6. The molecule has 3 heterocycles. The van der Waals surface area contributed by atoms with Crippen LogP contribution in [0.3, 0.4) is 0 Å². The van der Waals surface area contributed by atoms with Gasteiger partial charge in [-0.1, -0.05) is 12.1 Å². The maximum Gasteiger partial charge on any atom is 0.236 e. The molecule has 2 aliphatic rings. The molecule has 0 spiro atoms. The number of amides is 1. The van der Waals surface area contributed by atoms with Crippen molar-refractivity contribution in [2.24, 2.45) is 0 Å². The van der Waals surface area contributed by atoms with Gasteiger partial charge in [-0.15, -0.1) is 0 Å². The molecule has 148 valence electrons. The lowest BCUT2D eigenvalue weighted by Gasteiger charge is -2.38. The summed E-state index contributed by atoms with van der Waals surface area (Å²) in [5.74, 6) is 0.835. The summed E-state index contributed by atoms with van der Waals surface area (Å²) in [5, 5.41) is 0. The summed E-state index contributed by atoms with van der Waals surface area (Å²) in [4.78, 5) is 29.4. The van der Waals surface area contributed by atoms with E-state index in [9.17, 15) is 9.18 Å². The number of benzene rings is 1. The van der Waals surface area contributed by atoms with E-state index in [-0.39, 0.29) is 11.7 Å². The Kier molecular flexibility index (Phi) is 5.66. The summed E-state index contributed by atoms with van der Waals surface area (Å²) < 4.78 is 14.0. The van der Waals surface area contributed by atoms with Crippen molar-refractivity contribution >= 4 is 17.4 Å². The number of aromatic nitrogens is 2. The van der Waals surface area contributed by atoms with Crippen LogP contribution in [-0.2, 0) is 4.79 Å². The first kappa shape index (κ1) is 18.6. The molecule has 0 saturated carbocycles. The summed E-state index contributed by atoms with van der Waals surface area (Å²) in [7, 11) is 0. The smallest absolute Gasteiger partial charge is 0.236 e. The third kappa shape index (κ3) is 4.22. The summed E-state index contributed by atoms with van der Waals surface area (Å²) in [6, 6.07) is 6.82. The molecule has 0 unspecified atom stereocenters. The lowest BCUT2D eigenvalue weighted by molar-refractivity contribution is -0.132. The van der Waals surface area contributed by atoms with Gasteiger partial charge in [-0.05, 0) is 12.1 Å². The minimum absolute atomic E-state index is 0.154. The summed E-state index contributed by atoms with van der Waals surface area (Å²) >= 11 is 0. The average molecular weight is 384 g/mol. The number of hydrogen-bond donors (Lipinski definition) is 0. The van der Waals surface area contributed by atoms with Crippen LogP contribution in [0.5, 0.6) is 0 Å². The van der Waals surface area contributed by atoms with Gasteiger partial charge in [0.05, 0.1) is 18.4 Å². The molecule has 2 aromatic rings. The standard InChI is InChI=1S/C20H25FN6O/c21-17-3-1-2-4-18(17)25-11-13-27(14-12-25)20(28)16-24-7-9-26(10-8-24)19-15-22-5-6-23-19/h1-6,15H,7-14,16H2. The third-order valence-corrected chi connectivity index (χ3v) is 5.43. The van der Waals surface area contributed by atoms with Crippen LogP contribution in [0.4, 0.5) is 15.9 Å². The van der Waals surface area contributed by atoms with Crippen molar-refractivity contribution in [1.82, 2.24) is 19.8 Å². The molecule has 4 rings (SSSR count). The fourth-order valence-corrected chi connectivity index (χ4v) is 3.79. The Morgan fingerprint density at radius 1 is 0.929 bits per heavy atom. The second kappa shape index (κ2) is 8.52. The second-order valence-electron chi connectivity index (χ2n) is 7.15. The summed E-state index contributed by atoms with van der Waals surface area (Å²) in [5.41, 5.74) is 0.620. The first-order chi connectivity index (χ1) is 13.7. The van der Waals surface area contributed by atoms with Gasteiger partial charge in [0.25, 0.3) is 0 Å². The van der Waals surface area contributed by atoms with Crippen LogP contribution in [0.15, 0.2) is 42.9 Å². The topological polar surface area (TPSA) is 55.8 Å². The molecule has 1 aromatic heterocycles. The van der Waals surface area contributed by atoms with Crippen molar-refractivity contribution in [2.75, 3.05) is 68.7 Å². The zero-order valence-corrected chi connectivity index (χ0v) is 15.9. The maximum absolute atomic E-state index is 14.0. The van der Waals surface area contributed by atoms with Crippen LogP contribution in [-0.4, -0.2) is 84.6 Å². The quantitative estimate of drug-likeness (QED) is 0.787. The molecule has 1 amide bonds. The molecule has 2 saturated heterocycles. The van der Waals surface area contributed by atoms with Crippen LogP contribution in [0.25, 0.3) is 0 Å². The predicted octanol–water partition coefficient (Wildman–Crippen LogP) is 1.09. The Bertz CT molecular complexity index is 788. The van der Waals surface area contributed by atoms with Gasteiger partial charge in [0, 0.05) is 64.8 Å². The van der Waals surface area contributed by atoms with Gasteiger partial charge < -0.3 is 14.7 Å². The molecule has 0 atom stereocenters. The molecular weight excluding hydrogens is 359 g/mol. The van der Waals surface area contributed by atoms with Gasteiger partial charge in [-0.2, -0.15) is 0 Å². The van der Waals surface area contributed by atoms with E-state index in [0.717, 1.165) is 32.0 Å². The molecule has 7 nitrogen and oxygen atoms in total. The Balaban J connectivity index is 1.24. The minimum Gasteiger partial charge on any atom is -0.366 e. The van der Waals surface area contributed by atoms with Gasteiger partial charge in [0.1, 0.15) is 11.6 Å². The molecule has 2 aliphatic heterocycles. The number of carbonyl (C=O) groups excluding carboxylic acids is 1.